The van der Waals surface area contributed by atoms with Gasteiger partial charge in [-0.1, -0.05) is 0 Å². The fourth-order valence-corrected chi connectivity index (χ4v) is 3.43. The highest BCUT2D eigenvalue weighted by atomic mass is 32.1. The lowest BCUT2D eigenvalue weighted by Crippen LogP contribution is -2.41. The number of hydrogen-bond donors (Lipinski definition) is 2. The van der Waals surface area contributed by atoms with Crippen LogP contribution in [-0.2, 0) is 25.3 Å². The Morgan fingerprint density at radius 1 is 1.33 bits per heavy atom. The van der Waals surface area contributed by atoms with Crippen LogP contribution in [0.2, 0.25) is 0 Å². The summed E-state index contributed by atoms with van der Waals surface area (Å²) in [6.07, 6.45) is 1.74. The number of phenols is 1. The van der Waals surface area contributed by atoms with Gasteiger partial charge in [0.1, 0.15) is 5.75 Å². The van der Waals surface area contributed by atoms with Gasteiger partial charge in [-0.2, -0.15) is 5.10 Å². The smallest absolute Gasteiger partial charge is 0.498 e. The number of aromatic hydroxyl groups is 1. The van der Waals surface area contributed by atoms with Gasteiger partial charge in [-0.15, -0.1) is 11.3 Å². The molecule has 0 atom stereocenters. The Bertz CT molecular complexity index is 928. The van der Waals surface area contributed by atoms with Crippen molar-refractivity contribution in [3.05, 3.63) is 34.8 Å². The lowest BCUT2D eigenvalue weighted by atomic mass is 9.77. The minimum absolute atomic E-state index is 0.0992. The van der Waals surface area contributed by atoms with Gasteiger partial charge in [0.2, 0.25) is 5.13 Å². The lowest BCUT2D eigenvalue weighted by Gasteiger charge is -2.32. The van der Waals surface area contributed by atoms with Gasteiger partial charge >= 0.3 is 13.1 Å². The van der Waals surface area contributed by atoms with Gasteiger partial charge in [0.15, 0.2) is 0 Å². The number of carbonyl (C=O) groups excluding carboxylic acids is 1. The molecule has 2 N–H and O–H groups in total. The minimum atomic E-state index is -0.666. The molecule has 0 bridgehead atoms. The van der Waals surface area contributed by atoms with E-state index in [9.17, 15) is 9.90 Å². The van der Waals surface area contributed by atoms with Crippen molar-refractivity contribution in [3.8, 4) is 5.75 Å². The van der Waals surface area contributed by atoms with Crippen LogP contribution in [0.25, 0.3) is 0 Å². The van der Waals surface area contributed by atoms with Crippen LogP contribution < -0.4 is 10.9 Å². The van der Waals surface area contributed by atoms with Crippen molar-refractivity contribution in [2.75, 3.05) is 12.0 Å². The van der Waals surface area contributed by atoms with E-state index in [0.717, 1.165) is 5.56 Å². The maximum Gasteiger partial charge on any atom is 0.498 e. The molecule has 0 radical (unpaired) electrons. The van der Waals surface area contributed by atoms with E-state index in [0.29, 0.717) is 22.9 Å². The Morgan fingerprint density at radius 3 is 2.70 bits per heavy atom. The molecule has 30 heavy (non-hydrogen) atoms. The van der Waals surface area contributed by atoms with Crippen molar-refractivity contribution < 1.29 is 23.9 Å². The molecular weight excluding hydrogens is 405 g/mol. The van der Waals surface area contributed by atoms with Gasteiger partial charge in [0.05, 0.1) is 36.1 Å². The summed E-state index contributed by atoms with van der Waals surface area (Å²) in [5.74, 6) is -0.209. The zero-order valence-corrected chi connectivity index (χ0v) is 18.6. The highest BCUT2D eigenvalue weighted by Crippen LogP contribution is 2.37. The van der Waals surface area contributed by atoms with Crippen LogP contribution in [0.1, 0.15) is 45.9 Å². The molecule has 1 aromatic heterocycles. The van der Waals surface area contributed by atoms with Gasteiger partial charge in [-0.3, -0.25) is 10.2 Å². The number of carbonyl (C=O) groups is 1. The van der Waals surface area contributed by atoms with Crippen molar-refractivity contribution in [2.24, 2.45) is 5.10 Å². The summed E-state index contributed by atoms with van der Waals surface area (Å²) in [7, 11) is -0.666. The number of anilines is 1. The van der Waals surface area contributed by atoms with Crippen molar-refractivity contribution in [1.82, 2.24) is 4.98 Å². The largest absolute Gasteiger partial charge is 0.508 e. The summed E-state index contributed by atoms with van der Waals surface area (Å²) in [6.45, 7) is 9.96. The predicted molar refractivity (Wildman–Crippen MR) is 117 cm³/mol. The number of rotatable bonds is 7. The summed E-state index contributed by atoms with van der Waals surface area (Å²) >= 11 is 1.35. The van der Waals surface area contributed by atoms with Crippen molar-refractivity contribution in [1.29, 1.82) is 0 Å². The van der Waals surface area contributed by atoms with Crippen LogP contribution in [-0.4, -0.2) is 47.2 Å². The second kappa shape index (κ2) is 8.75. The van der Waals surface area contributed by atoms with E-state index in [1.54, 1.807) is 36.7 Å². The molecule has 0 amide bonds. The Balaban J connectivity index is 1.65. The predicted octanol–water partition coefficient (Wildman–Crippen LogP) is 2.70. The van der Waals surface area contributed by atoms with Crippen LogP contribution in [0.3, 0.4) is 0 Å². The second-order valence-corrected chi connectivity index (χ2v) is 8.76. The average Bonchev–Trinajstić information content (AvgIpc) is 3.17. The highest BCUT2D eigenvalue weighted by molar-refractivity contribution is 7.13. The molecule has 3 rings (SSSR count). The van der Waals surface area contributed by atoms with Gasteiger partial charge < -0.3 is 19.2 Å². The molecule has 0 unspecified atom stereocenters. The van der Waals surface area contributed by atoms with E-state index >= 15 is 0 Å². The summed E-state index contributed by atoms with van der Waals surface area (Å²) in [4.78, 5) is 15.8. The third-order valence-electron chi connectivity index (χ3n) is 5.12. The van der Waals surface area contributed by atoms with Crippen LogP contribution in [0.4, 0.5) is 5.13 Å². The Kier molecular flexibility index (Phi) is 6.49. The second-order valence-electron chi connectivity index (χ2n) is 7.90. The van der Waals surface area contributed by atoms with Crippen molar-refractivity contribution in [2.45, 2.75) is 52.2 Å². The third kappa shape index (κ3) is 5.00. The van der Waals surface area contributed by atoms with Gasteiger partial charge in [0.25, 0.3) is 0 Å². The zero-order valence-electron chi connectivity index (χ0n) is 17.8. The van der Waals surface area contributed by atoms with Crippen LogP contribution in [0.5, 0.6) is 5.75 Å². The number of hydrogen-bond acceptors (Lipinski definition) is 9. The molecular formula is C20H26BN3O5S. The van der Waals surface area contributed by atoms with Crippen molar-refractivity contribution in [3.63, 3.8) is 0 Å². The Morgan fingerprint density at radius 2 is 2.03 bits per heavy atom. The molecule has 1 aliphatic rings. The van der Waals surface area contributed by atoms with E-state index in [-0.39, 0.29) is 18.1 Å². The zero-order chi connectivity index (χ0) is 21.9. The van der Waals surface area contributed by atoms with Crippen molar-refractivity contribution >= 4 is 41.2 Å². The topological polar surface area (TPSA) is 102 Å². The normalized spacial score (nSPS) is 17.4. The highest BCUT2D eigenvalue weighted by Gasteiger charge is 2.52. The molecule has 0 aliphatic carbocycles. The molecule has 1 aromatic carbocycles. The molecule has 2 heterocycles. The quantitative estimate of drug-likeness (QED) is 0.301. The first-order valence-corrected chi connectivity index (χ1v) is 10.6. The Labute approximate surface area is 180 Å². The number of nitrogens with one attached hydrogen (secondary N) is 1. The maximum atomic E-state index is 11.5. The monoisotopic (exact) mass is 431 g/mol. The third-order valence-corrected chi connectivity index (χ3v) is 5.91. The number of esters is 1. The SMILES string of the molecule is CCOC(=O)Cc1csc(NN=Cc2ccc(O)c(B3OC(C)(C)C(C)(C)O3)c2)n1. The number of benzene rings is 1. The summed E-state index contributed by atoms with van der Waals surface area (Å²) < 4.78 is 17.0. The van der Waals surface area contributed by atoms with Crippen LogP contribution in [0, 0.1) is 0 Å². The fraction of sp³-hybridized carbons (Fsp3) is 0.450. The first kappa shape index (κ1) is 22.3. The lowest BCUT2D eigenvalue weighted by molar-refractivity contribution is -0.142. The number of ether oxygens (including phenoxy) is 1. The molecule has 1 saturated heterocycles. The van der Waals surface area contributed by atoms with E-state index in [4.69, 9.17) is 14.0 Å². The summed E-state index contributed by atoms with van der Waals surface area (Å²) in [5.41, 5.74) is 3.78. The number of aromatic nitrogens is 1. The first-order chi connectivity index (χ1) is 14.1. The van der Waals surface area contributed by atoms with E-state index in [1.165, 1.54) is 11.3 Å². The number of phenolic OH excluding ortho intramolecular Hbond substituents is 1. The van der Waals surface area contributed by atoms with E-state index < -0.39 is 18.3 Å². The summed E-state index contributed by atoms with van der Waals surface area (Å²) in [6, 6.07) is 5.10. The van der Waals surface area contributed by atoms with E-state index in [2.05, 4.69) is 15.5 Å². The number of thiazole rings is 1. The molecule has 160 valence electrons. The number of nitrogens with zero attached hydrogens (tertiary/aromatic N) is 2. The standard InChI is InChI=1S/C20H26BN3O5S/c1-6-27-17(26)10-14-12-30-18(23-14)24-22-11-13-7-8-16(25)15(9-13)21-28-19(2,3)20(4,5)29-21/h7-9,11-12,25H,6,10H2,1-5H3,(H,23,24). The van der Waals surface area contributed by atoms with Gasteiger partial charge in [-0.05, 0) is 58.4 Å². The van der Waals surface area contributed by atoms with Crippen LogP contribution in [0.15, 0.2) is 28.7 Å². The molecule has 1 fully saturated rings. The first-order valence-electron chi connectivity index (χ1n) is 9.69. The fourth-order valence-electron chi connectivity index (χ4n) is 2.77. The van der Waals surface area contributed by atoms with Gasteiger partial charge in [-0.25, -0.2) is 4.98 Å². The Hall–Kier alpha value is -2.43. The molecule has 10 heteroatoms. The average molecular weight is 431 g/mol. The van der Waals surface area contributed by atoms with Crippen LogP contribution >= 0.6 is 11.3 Å². The molecule has 0 saturated carbocycles. The molecule has 0 spiro atoms. The maximum absolute atomic E-state index is 11.5. The molecule has 1 aliphatic heterocycles. The molecule has 8 nitrogen and oxygen atoms in total. The summed E-state index contributed by atoms with van der Waals surface area (Å²) in [5, 5.41) is 16.8. The van der Waals surface area contributed by atoms with Gasteiger partial charge in [0, 0.05) is 10.8 Å². The number of hydrazone groups is 1. The minimum Gasteiger partial charge on any atom is -0.508 e. The molecule has 2 aromatic rings. The van der Waals surface area contributed by atoms with E-state index in [1.807, 2.05) is 27.7 Å².